The van der Waals surface area contributed by atoms with Crippen LogP contribution in [0.3, 0.4) is 0 Å². The molecule has 0 spiro atoms. The van der Waals surface area contributed by atoms with E-state index < -0.39 is 0 Å². The summed E-state index contributed by atoms with van der Waals surface area (Å²) in [6.45, 7) is 11.9. The molecule has 78 valence electrons. The lowest BCUT2D eigenvalue weighted by molar-refractivity contribution is 0.312. The van der Waals surface area contributed by atoms with Crippen molar-refractivity contribution < 1.29 is 0 Å². The third-order valence-electron chi connectivity index (χ3n) is 2.20. The molecule has 0 amide bonds. The van der Waals surface area contributed by atoms with E-state index in [1.54, 1.807) is 0 Å². The molecule has 0 aromatic heterocycles. The van der Waals surface area contributed by atoms with Crippen LogP contribution in [0.2, 0.25) is 0 Å². The molecular weight excluding hydrogens is 174 g/mol. The molecule has 1 aliphatic heterocycles. The molecule has 0 radical (unpaired) electrons. The lowest BCUT2D eigenvalue weighted by atomic mass is 10.3. The van der Waals surface area contributed by atoms with Crippen molar-refractivity contribution in [3.8, 4) is 0 Å². The maximum Gasteiger partial charge on any atom is 0.0509 e. The zero-order chi connectivity index (χ0) is 10.4. The van der Waals surface area contributed by atoms with Gasteiger partial charge in [0.2, 0.25) is 0 Å². The summed E-state index contributed by atoms with van der Waals surface area (Å²) in [6.07, 6.45) is 3.99. The van der Waals surface area contributed by atoms with Crippen LogP contribution >= 0.6 is 0 Å². The van der Waals surface area contributed by atoms with Crippen molar-refractivity contribution in [2.24, 2.45) is 4.99 Å². The van der Waals surface area contributed by atoms with Gasteiger partial charge in [0.1, 0.15) is 0 Å². The highest BCUT2D eigenvalue weighted by atomic mass is 15.2. The average Bonchev–Trinajstić information content (AvgIpc) is 2.20. The van der Waals surface area contributed by atoms with Crippen LogP contribution in [0, 0.1) is 0 Å². The molecule has 0 bridgehead atoms. The molecule has 0 aromatic carbocycles. The van der Waals surface area contributed by atoms with Gasteiger partial charge in [0.15, 0.2) is 0 Å². The van der Waals surface area contributed by atoms with E-state index in [-0.39, 0.29) is 0 Å². The average molecular weight is 193 g/mol. The Labute approximate surface area is 86.2 Å². The minimum absolute atomic E-state index is 0.847. The zero-order valence-electron chi connectivity index (χ0n) is 9.08. The van der Waals surface area contributed by atoms with Crippen molar-refractivity contribution in [2.75, 3.05) is 26.2 Å². The van der Waals surface area contributed by atoms with Crippen molar-refractivity contribution in [1.29, 1.82) is 0 Å². The summed E-state index contributed by atoms with van der Waals surface area (Å²) in [7, 11) is 0. The Bertz CT molecular complexity index is 247. The van der Waals surface area contributed by atoms with E-state index in [9.17, 15) is 0 Å². The summed E-state index contributed by atoms with van der Waals surface area (Å²) in [6, 6.07) is 0. The number of nitrogens with zero attached hydrogens (tertiary/aromatic N) is 2. The van der Waals surface area contributed by atoms with Gasteiger partial charge in [-0.1, -0.05) is 12.7 Å². The first kappa shape index (κ1) is 11.0. The summed E-state index contributed by atoms with van der Waals surface area (Å²) in [5, 5.41) is 3.33. The van der Waals surface area contributed by atoms with Gasteiger partial charge in [0, 0.05) is 31.9 Å². The van der Waals surface area contributed by atoms with E-state index >= 15 is 0 Å². The van der Waals surface area contributed by atoms with Gasteiger partial charge in [-0.05, 0) is 13.8 Å². The van der Waals surface area contributed by atoms with Crippen LogP contribution in [0.4, 0.5) is 0 Å². The van der Waals surface area contributed by atoms with Crippen molar-refractivity contribution in [3.63, 3.8) is 0 Å². The molecule has 3 heteroatoms. The first-order valence-corrected chi connectivity index (χ1v) is 5.05. The molecule has 1 saturated heterocycles. The van der Waals surface area contributed by atoms with Gasteiger partial charge < -0.3 is 10.2 Å². The molecular formula is C11H19N3. The van der Waals surface area contributed by atoms with E-state index in [1.165, 1.54) is 5.70 Å². The standard InChI is InChI=1S/C11H19N3/c1-4-11(9-13-10(2)3)14-7-5-12-6-8-14/h4,9,12H,2,5-8H2,1,3H3/b11-4+,13-9?. The molecule has 1 N–H and O–H groups in total. The summed E-state index contributed by atoms with van der Waals surface area (Å²) in [5.41, 5.74) is 2.04. The highest BCUT2D eigenvalue weighted by molar-refractivity contribution is 5.78. The smallest absolute Gasteiger partial charge is 0.0509 e. The number of aliphatic imine (C=N–C) groups is 1. The lowest BCUT2D eigenvalue weighted by Crippen LogP contribution is -2.43. The maximum atomic E-state index is 4.22. The summed E-state index contributed by atoms with van der Waals surface area (Å²) < 4.78 is 0. The van der Waals surface area contributed by atoms with E-state index in [0.29, 0.717) is 0 Å². The molecule has 0 unspecified atom stereocenters. The normalized spacial score (nSPS) is 19.0. The largest absolute Gasteiger partial charge is 0.368 e. The molecule has 0 aromatic rings. The van der Waals surface area contributed by atoms with Gasteiger partial charge in [-0.2, -0.15) is 0 Å². The van der Waals surface area contributed by atoms with Crippen LogP contribution in [0.25, 0.3) is 0 Å². The summed E-state index contributed by atoms with van der Waals surface area (Å²) >= 11 is 0. The quantitative estimate of drug-likeness (QED) is 0.686. The Morgan fingerprint density at radius 2 is 2.07 bits per heavy atom. The van der Waals surface area contributed by atoms with Gasteiger partial charge in [-0.15, -0.1) is 0 Å². The fourth-order valence-electron chi connectivity index (χ4n) is 1.44. The summed E-state index contributed by atoms with van der Waals surface area (Å²) in [4.78, 5) is 6.56. The topological polar surface area (TPSA) is 27.6 Å². The Morgan fingerprint density at radius 1 is 1.43 bits per heavy atom. The number of nitrogens with one attached hydrogen (secondary N) is 1. The minimum atomic E-state index is 0.847. The summed E-state index contributed by atoms with van der Waals surface area (Å²) in [5.74, 6) is 0. The van der Waals surface area contributed by atoms with Crippen molar-refractivity contribution >= 4 is 6.21 Å². The molecule has 1 heterocycles. The maximum absolute atomic E-state index is 4.22. The van der Waals surface area contributed by atoms with Crippen molar-refractivity contribution in [3.05, 3.63) is 24.0 Å². The number of rotatable bonds is 3. The van der Waals surface area contributed by atoms with Gasteiger partial charge in [-0.25, -0.2) is 0 Å². The SMILES string of the molecule is C=C(C)N=C/C(=C\C)N1CCNCC1. The fraction of sp³-hybridized carbons (Fsp3) is 0.545. The van der Waals surface area contributed by atoms with E-state index in [4.69, 9.17) is 0 Å². The Kier molecular flexibility index (Phi) is 4.40. The van der Waals surface area contributed by atoms with Gasteiger partial charge in [0.25, 0.3) is 0 Å². The highest BCUT2D eigenvalue weighted by Gasteiger charge is 2.10. The second-order valence-corrected chi connectivity index (χ2v) is 3.44. The number of piperazine rings is 1. The van der Waals surface area contributed by atoms with Crippen LogP contribution in [0.15, 0.2) is 29.0 Å². The predicted octanol–water partition coefficient (Wildman–Crippen LogP) is 1.40. The predicted molar refractivity (Wildman–Crippen MR) is 61.5 cm³/mol. The molecule has 14 heavy (non-hydrogen) atoms. The first-order chi connectivity index (χ1) is 6.74. The molecule has 0 atom stereocenters. The third kappa shape index (κ3) is 3.34. The monoisotopic (exact) mass is 193 g/mol. The highest BCUT2D eigenvalue weighted by Crippen LogP contribution is 2.04. The molecule has 1 aliphatic rings. The second-order valence-electron chi connectivity index (χ2n) is 3.44. The molecule has 1 rings (SSSR count). The first-order valence-electron chi connectivity index (χ1n) is 5.05. The fourth-order valence-corrected chi connectivity index (χ4v) is 1.44. The van der Waals surface area contributed by atoms with Crippen LogP contribution < -0.4 is 5.32 Å². The van der Waals surface area contributed by atoms with Crippen molar-refractivity contribution in [2.45, 2.75) is 13.8 Å². The minimum Gasteiger partial charge on any atom is -0.368 e. The van der Waals surface area contributed by atoms with E-state index in [1.807, 2.05) is 20.1 Å². The lowest BCUT2D eigenvalue weighted by Gasteiger charge is -2.29. The van der Waals surface area contributed by atoms with Gasteiger partial charge in [-0.3, -0.25) is 4.99 Å². The number of allylic oxidation sites excluding steroid dienone is 3. The van der Waals surface area contributed by atoms with E-state index in [0.717, 1.165) is 31.9 Å². The Hall–Kier alpha value is -1.09. The molecule has 1 fully saturated rings. The number of hydrogen-bond donors (Lipinski definition) is 1. The Balaban J connectivity index is 2.57. The van der Waals surface area contributed by atoms with Crippen molar-refractivity contribution in [1.82, 2.24) is 10.2 Å². The zero-order valence-corrected chi connectivity index (χ0v) is 9.08. The Morgan fingerprint density at radius 3 is 2.57 bits per heavy atom. The van der Waals surface area contributed by atoms with Gasteiger partial charge in [0.05, 0.1) is 11.9 Å². The van der Waals surface area contributed by atoms with Gasteiger partial charge >= 0.3 is 0 Å². The van der Waals surface area contributed by atoms with Crippen LogP contribution in [0.1, 0.15) is 13.8 Å². The van der Waals surface area contributed by atoms with Crippen LogP contribution in [-0.2, 0) is 0 Å². The molecule has 3 nitrogen and oxygen atoms in total. The number of hydrogen-bond acceptors (Lipinski definition) is 3. The molecule has 0 saturated carbocycles. The third-order valence-corrected chi connectivity index (χ3v) is 2.20. The van der Waals surface area contributed by atoms with Crippen LogP contribution in [-0.4, -0.2) is 37.3 Å². The second kappa shape index (κ2) is 5.60. The van der Waals surface area contributed by atoms with Crippen LogP contribution in [0.5, 0.6) is 0 Å². The van der Waals surface area contributed by atoms with E-state index in [2.05, 4.69) is 27.9 Å². The molecule has 0 aliphatic carbocycles.